The molecule has 1 aliphatic rings. The first-order valence-corrected chi connectivity index (χ1v) is 7.22. The van der Waals surface area contributed by atoms with E-state index in [1.54, 1.807) is 13.2 Å². The summed E-state index contributed by atoms with van der Waals surface area (Å²) in [6, 6.07) is 5.54. The maximum absolute atomic E-state index is 8.96. The quantitative estimate of drug-likeness (QED) is 0.374. The summed E-state index contributed by atoms with van der Waals surface area (Å²) in [6.45, 7) is 4.44. The molecule has 1 heterocycles. The third kappa shape index (κ3) is 3.58. The van der Waals surface area contributed by atoms with Gasteiger partial charge in [-0.05, 0) is 31.9 Å². The Morgan fingerprint density at radius 3 is 3.00 bits per heavy atom. The number of benzene rings is 1. The second kappa shape index (κ2) is 7.17. The first-order valence-electron chi connectivity index (χ1n) is 7.22. The molecule has 116 valence electrons. The minimum atomic E-state index is 0.103. The van der Waals surface area contributed by atoms with E-state index in [0.29, 0.717) is 12.2 Å². The highest BCUT2D eigenvalue weighted by atomic mass is 16.5. The number of nitrogens with zero attached hydrogens (tertiary/aromatic N) is 2. The number of hydrogen-bond donors (Lipinski definition) is 2. The maximum Gasteiger partial charge on any atom is 0.172 e. The summed E-state index contributed by atoms with van der Waals surface area (Å²) in [5, 5.41) is 12.1. The van der Waals surface area contributed by atoms with Gasteiger partial charge in [0.25, 0.3) is 0 Å². The van der Waals surface area contributed by atoms with Gasteiger partial charge in [-0.1, -0.05) is 5.16 Å². The summed E-state index contributed by atoms with van der Waals surface area (Å²) in [6.07, 6.45) is 2.33. The Balaban J connectivity index is 2.31. The summed E-state index contributed by atoms with van der Waals surface area (Å²) in [4.78, 5) is 2.21. The standard InChI is InChI=1S/C15H23N3O3/c1-3-21-12-5-4-8-18(10-12)14-9-11(20-2)6-7-13(14)15(16)17-19/h6-7,9,12,19H,3-5,8,10H2,1-2H3,(H2,16,17). The van der Waals surface area contributed by atoms with Crippen LogP contribution in [0, 0.1) is 0 Å². The molecule has 0 saturated carbocycles. The molecule has 3 N–H and O–H groups in total. The third-order valence-electron chi connectivity index (χ3n) is 3.71. The van der Waals surface area contributed by atoms with E-state index in [9.17, 15) is 0 Å². The van der Waals surface area contributed by atoms with Crippen LogP contribution in [-0.4, -0.2) is 44.0 Å². The normalized spacial score (nSPS) is 19.6. The van der Waals surface area contributed by atoms with Gasteiger partial charge < -0.3 is 25.3 Å². The molecule has 0 spiro atoms. The van der Waals surface area contributed by atoms with E-state index in [1.807, 2.05) is 19.1 Å². The Bertz CT molecular complexity index is 503. The van der Waals surface area contributed by atoms with Crippen molar-refractivity contribution in [1.82, 2.24) is 0 Å². The molecule has 2 rings (SSSR count). The van der Waals surface area contributed by atoms with Crippen LogP contribution in [0.3, 0.4) is 0 Å². The molecule has 1 unspecified atom stereocenters. The van der Waals surface area contributed by atoms with E-state index in [4.69, 9.17) is 20.4 Å². The molecule has 1 aromatic carbocycles. The molecule has 1 aliphatic heterocycles. The molecular formula is C15H23N3O3. The minimum absolute atomic E-state index is 0.103. The van der Waals surface area contributed by atoms with Crippen molar-refractivity contribution in [3.8, 4) is 5.75 Å². The van der Waals surface area contributed by atoms with Crippen LogP contribution in [0.2, 0.25) is 0 Å². The van der Waals surface area contributed by atoms with Crippen LogP contribution in [0.1, 0.15) is 25.3 Å². The second-order valence-electron chi connectivity index (χ2n) is 5.03. The van der Waals surface area contributed by atoms with Gasteiger partial charge in [-0.25, -0.2) is 0 Å². The molecule has 1 atom stereocenters. The third-order valence-corrected chi connectivity index (χ3v) is 3.71. The average molecular weight is 293 g/mol. The first kappa shape index (κ1) is 15.4. The van der Waals surface area contributed by atoms with E-state index >= 15 is 0 Å². The lowest BCUT2D eigenvalue weighted by molar-refractivity contribution is 0.0526. The maximum atomic E-state index is 8.96. The second-order valence-corrected chi connectivity index (χ2v) is 5.03. The topological polar surface area (TPSA) is 80.3 Å². The monoisotopic (exact) mass is 293 g/mol. The zero-order valence-electron chi connectivity index (χ0n) is 12.6. The zero-order valence-corrected chi connectivity index (χ0v) is 12.6. The van der Waals surface area contributed by atoms with Gasteiger partial charge in [0.2, 0.25) is 0 Å². The molecule has 1 fully saturated rings. The van der Waals surface area contributed by atoms with Gasteiger partial charge in [-0.15, -0.1) is 0 Å². The summed E-state index contributed by atoms with van der Waals surface area (Å²) < 4.78 is 11.0. The SMILES string of the molecule is CCOC1CCCN(c2cc(OC)ccc2/C(N)=N/O)C1. The summed E-state index contributed by atoms with van der Waals surface area (Å²) >= 11 is 0. The average Bonchev–Trinajstić information content (AvgIpc) is 2.54. The van der Waals surface area contributed by atoms with Crippen LogP contribution in [0.25, 0.3) is 0 Å². The predicted octanol–water partition coefficient (Wildman–Crippen LogP) is 1.79. The van der Waals surface area contributed by atoms with Crippen molar-refractivity contribution in [2.45, 2.75) is 25.9 Å². The van der Waals surface area contributed by atoms with E-state index in [-0.39, 0.29) is 11.9 Å². The fraction of sp³-hybridized carbons (Fsp3) is 0.533. The molecule has 1 saturated heterocycles. The van der Waals surface area contributed by atoms with Gasteiger partial charge in [0.15, 0.2) is 5.84 Å². The van der Waals surface area contributed by atoms with Gasteiger partial charge in [0, 0.05) is 31.3 Å². The fourth-order valence-corrected chi connectivity index (χ4v) is 2.70. The lowest BCUT2D eigenvalue weighted by atomic mass is 10.0. The van der Waals surface area contributed by atoms with Crippen molar-refractivity contribution >= 4 is 11.5 Å². The molecule has 0 aromatic heterocycles. The summed E-state index contributed by atoms with van der Waals surface area (Å²) in [5.41, 5.74) is 7.40. The molecule has 6 nitrogen and oxygen atoms in total. The number of methoxy groups -OCH3 is 1. The van der Waals surface area contributed by atoms with Gasteiger partial charge in [0.1, 0.15) is 5.75 Å². The molecule has 0 radical (unpaired) electrons. The van der Waals surface area contributed by atoms with Crippen molar-refractivity contribution in [2.24, 2.45) is 10.9 Å². The number of anilines is 1. The van der Waals surface area contributed by atoms with Crippen LogP contribution >= 0.6 is 0 Å². The Morgan fingerprint density at radius 1 is 1.52 bits per heavy atom. The van der Waals surface area contributed by atoms with Crippen LogP contribution < -0.4 is 15.4 Å². The molecule has 1 aromatic rings. The van der Waals surface area contributed by atoms with Gasteiger partial charge in [-0.3, -0.25) is 0 Å². The highest BCUT2D eigenvalue weighted by molar-refractivity contribution is 6.02. The molecule has 0 bridgehead atoms. The zero-order chi connectivity index (χ0) is 15.2. The van der Waals surface area contributed by atoms with Crippen molar-refractivity contribution in [2.75, 3.05) is 31.7 Å². The predicted molar refractivity (Wildman–Crippen MR) is 82.4 cm³/mol. The number of piperidine rings is 1. The Hall–Kier alpha value is -1.95. The number of ether oxygens (including phenoxy) is 2. The lowest BCUT2D eigenvalue weighted by Crippen LogP contribution is -2.40. The Morgan fingerprint density at radius 2 is 2.33 bits per heavy atom. The van der Waals surface area contributed by atoms with E-state index in [0.717, 1.165) is 37.4 Å². The van der Waals surface area contributed by atoms with E-state index in [2.05, 4.69) is 10.1 Å². The van der Waals surface area contributed by atoms with Gasteiger partial charge in [-0.2, -0.15) is 0 Å². The van der Waals surface area contributed by atoms with Crippen LogP contribution in [0.4, 0.5) is 5.69 Å². The number of nitrogens with two attached hydrogens (primary N) is 1. The summed E-state index contributed by atoms with van der Waals surface area (Å²) in [5.74, 6) is 0.851. The van der Waals surface area contributed by atoms with Crippen molar-refractivity contribution < 1.29 is 14.7 Å². The van der Waals surface area contributed by atoms with E-state index < -0.39 is 0 Å². The lowest BCUT2D eigenvalue weighted by Gasteiger charge is -2.35. The number of hydrogen-bond acceptors (Lipinski definition) is 5. The fourth-order valence-electron chi connectivity index (χ4n) is 2.70. The number of amidine groups is 1. The molecule has 0 aliphatic carbocycles. The molecule has 0 amide bonds. The molecular weight excluding hydrogens is 270 g/mol. The van der Waals surface area contributed by atoms with E-state index in [1.165, 1.54) is 0 Å². The minimum Gasteiger partial charge on any atom is -0.497 e. The van der Waals surface area contributed by atoms with Crippen molar-refractivity contribution in [1.29, 1.82) is 0 Å². The highest BCUT2D eigenvalue weighted by Gasteiger charge is 2.23. The van der Waals surface area contributed by atoms with Crippen LogP contribution in [-0.2, 0) is 4.74 Å². The molecule has 21 heavy (non-hydrogen) atoms. The first-order chi connectivity index (χ1) is 10.2. The number of rotatable bonds is 5. The Kier molecular flexibility index (Phi) is 5.27. The molecule has 6 heteroatoms. The highest BCUT2D eigenvalue weighted by Crippen LogP contribution is 2.29. The smallest absolute Gasteiger partial charge is 0.172 e. The summed E-state index contributed by atoms with van der Waals surface area (Å²) in [7, 11) is 1.63. The van der Waals surface area contributed by atoms with Crippen LogP contribution in [0.15, 0.2) is 23.4 Å². The van der Waals surface area contributed by atoms with Crippen molar-refractivity contribution in [3.05, 3.63) is 23.8 Å². The van der Waals surface area contributed by atoms with Gasteiger partial charge >= 0.3 is 0 Å². The Labute approximate surface area is 125 Å². The van der Waals surface area contributed by atoms with Gasteiger partial charge in [0.05, 0.1) is 18.9 Å². The number of oxime groups is 1. The largest absolute Gasteiger partial charge is 0.497 e. The van der Waals surface area contributed by atoms with Crippen molar-refractivity contribution in [3.63, 3.8) is 0 Å². The van der Waals surface area contributed by atoms with Crippen LogP contribution in [0.5, 0.6) is 5.75 Å².